The van der Waals surface area contributed by atoms with Crippen LogP contribution in [-0.4, -0.2) is 45.5 Å². The number of benzene rings is 2. The number of amidine groups is 1. The van der Waals surface area contributed by atoms with Crippen molar-refractivity contribution in [3.05, 3.63) is 67.0 Å². The van der Waals surface area contributed by atoms with Gasteiger partial charge in [0.15, 0.2) is 22.5 Å². The highest BCUT2D eigenvalue weighted by molar-refractivity contribution is 14.1. The van der Waals surface area contributed by atoms with Crippen LogP contribution in [0.3, 0.4) is 0 Å². The topological polar surface area (TPSA) is 132 Å². The molecule has 1 aliphatic heterocycles. The predicted molar refractivity (Wildman–Crippen MR) is 124 cm³/mol. The van der Waals surface area contributed by atoms with Crippen LogP contribution in [0, 0.1) is 36.5 Å². The number of β-amino-alcohol motifs (C(OH)–C–C–N with tert-alkyl or cyclic N) is 1. The summed E-state index contributed by atoms with van der Waals surface area (Å²) < 4.78 is 43.1. The van der Waals surface area contributed by atoms with E-state index in [0.717, 1.165) is 12.1 Å². The van der Waals surface area contributed by atoms with E-state index in [2.05, 4.69) is 5.32 Å². The van der Waals surface area contributed by atoms with E-state index >= 15 is 0 Å². The van der Waals surface area contributed by atoms with Gasteiger partial charge in [-0.05, 0) is 59.3 Å². The summed E-state index contributed by atoms with van der Waals surface area (Å²) in [7, 11) is 0. The number of rotatable bonds is 7. The SMILES string of the molecule is Cl.N=C(CCC1(O)CN(C(=O)c2ccc(F)c(F)c2Nc2ccc(I)cc2F)C1)N[N+](=O)[O-]. The van der Waals surface area contributed by atoms with Gasteiger partial charge >= 0.3 is 0 Å². The second-order valence-corrected chi connectivity index (χ2v) is 8.51. The van der Waals surface area contributed by atoms with Crippen LogP contribution < -0.4 is 10.7 Å². The van der Waals surface area contributed by atoms with Gasteiger partial charge in [-0.2, -0.15) is 0 Å². The quantitative estimate of drug-likeness (QED) is 0.127. The summed E-state index contributed by atoms with van der Waals surface area (Å²) in [5.74, 6) is -4.43. The highest BCUT2D eigenvalue weighted by Crippen LogP contribution is 2.33. The van der Waals surface area contributed by atoms with Gasteiger partial charge in [0.1, 0.15) is 11.4 Å². The minimum absolute atomic E-state index is 0. The lowest BCUT2D eigenvalue weighted by Crippen LogP contribution is -2.63. The minimum atomic E-state index is -1.38. The number of nitrogens with zero attached hydrogens (tertiary/aromatic N) is 2. The zero-order valence-electron chi connectivity index (χ0n) is 16.7. The highest BCUT2D eigenvalue weighted by Gasteiger charge is 2.44. The molecule has 0 aliphatic carbocycles. The monoisotopic (exact) mass is 599 g/mol. The molecule has 178 valence electrons. The Labute approximate surface area is 205 Å². The molecule has 1 heterocycles. The zero-order chi connectivity index (χ0) is 23.6. The maximum atomic E-state index is 14.5. The Morgan fingerprint density at radius 1 is 1.24 bits per heavy atom. The Bertz CT molecular complexity index is 1100. The molecule has 0 atom stereocenters. The van der Waals surface area contributed by atoms with E-state index in [1.165, 1.54) is 17.0 Å². The number of hydrogen-bond donors (Lipinski definition) is 4. The van der Waals surface area contributed by atoms with Crippen LogP contribution in [0.5, 0.6) is 0 Å². The Hall–Kier alpha value is -2.65. The Morgan fingerprint density at radius 3 is 2.52 bits per heavy atom. The summed E-state index contributed by atoms with van der Waals surface area (Å²) in [5, 5.41) is 29.7. The summed E-state index contributed by atoms with van der Waals surface area (Å²) in [6.07, 6.45) is -0.142. The van der Waals surface area contributed by atoms with Gasteiger partial charge in [0.2, 0.25) is 0 Å². The number of amides is 1. The first-order valence-corrected chi connectivity index (χ1v) is 10.3. The third-order valence-electron chi connectivity index (χ3n) is 4.84. The van der Waals surface area contributed by atoms with E-state index in [1.54, 1.807) is 11.5 Å². The maximum Gasteiger partial charge on any atom is 0.256 e. The lowest BCUT2D eigenvalue weighted by atomic mass is 9.88. The normalized spacial score (nSPS) is 14.0. The van der Waals surface area contributed by atoms with Gasteiger partial charge < -0.3 is 15.3 Å². The van der Waals surface area contributed by atoms with E-state index in [9.17, 15) is 33.2 Å². The molecule has 1 fully saturated rings. The van der Waals surface area contributed by atoms with Gasteiger partial charge in [-0.15, -0.1) is 12.4 Å². The summed E-state index contributed by atoms with van der Waals surface area (Å²) in [4.78, 5) is 24.4. The molecule has 33 heavy (non-hydrogen) atoms. The minimum Gasteiger partial charge on any atom is -0.386 e. The molecule has 4 N–H and O–H groups in total. The van der Waals surface area contributed by atoms with Crippen LogP contribution >= 0.6 is 35.0 Å². The van der Waals surface area contributed by atoms with Gasteiger partial charge in [0.25, 0.3) is 5.91 Å². The molecule has 1 saturated heterocycles. The third kappa shape index (κ3) is 6.23. The molecular weight excluding hydrogens is 582 g/mol. The number of hydrogen-bond acceptors (Lipinski definition) is 6. The van der Waals surface area contributed by atoms with Crippen molar-refractivity contribution in [2.75, 3.05) is 18.4 Å². The number of aliphatic hydroxyl groups is 1. The number of nitro groups is 1. The molecular formula is C19H18ClF3IN5O4. The van der Waals surface area contributed by atoms with Crippen LogP contribution in [0.25, 0.3) is 0 Å². The first-order valence-electron chi connectivity index (χ1n) is 9.19. The van der Waals surface area contributed by atoms with Crippen molar-refractivity contribution in [3.63, 3.8) is 0 Å². The largest absolute Gasteiger partial charge is 0.386 e. The lowest BCUT2D eigenvalue weighted by molar-refractivity contribution is -0.525. The number of likely N-dealkylation sites (tertiary alicyclic amines) is 1. The van der Waals surface area contributed by atoms with Gasteiger partial charge in [-0.25, -0.2) is 23.3 Å². The molecule has 9 nitrogen and oxygen atoms in total. The standard InChI is InChI=1S/C19H17F3IN5O4.ClH/c20-12-3-2-11(17(16(12)22)25-14-4-1-10(23)7-13(14)21)18(29)27-8-19(30,9-27)6-5-15(24)26-28(31)32;/h1-4,7,25,30H,5-6,8-9H2,(H2,24,26);1H. The van der Waals surface area contributed by atoms with Crippen molar-refractivity contribution >= 4 is 58.1 Å². The fraction of sp³-hybridized carbons (Fsp3) is 0.263. The third-order valence-corrected chi connectivity index (χ3v) is 5.51. The summed E-state index contributed by atoms with van der Waals surface area (Å²) >= 11 is 1.89. The van der Waals surface area contributed by atoms with Gasteiger partial charge in [-0.3, -0.25) is 10.2 Å². The molecule has 0 saturated carbocycles. The van der Waals surface area contributed by atoms with Gasteiger partial charge in [0, 0.05) is 9.99 Å². The number of nitrogens with one attached hydrogen (secondary N) is 3. The Balaban J connectivity index is 0.00000385. The first kappa shape index (κ1) is 26.6. The van der Waals surface area contributed by atoms with Crippen LogP contribution in [0.4, 0.5) is 24.5 Å². The van der Waals surface area contributed by atoms with Crippen LogP contribution in [0.15, 0.2) is 30.3 Å². The Kier molecular flexibility index (Phi) is 8.48. The van der Waals surface area contributed by atoms with Crippen molar-refractivity contribution in [2.24, 2.45) is 0 Å². The molecule has 1 amide bonds. The van der Waals surface area contributed by atoms with Crippen molar-refractivity contribution in [2.45, 2.75) is 18.4 Å². The molecule has 0 unspecified atom stereocenters. The van der Waals surface area contributed by atoms with Gasteiger partial charge in [0.05, 0.1) is 30.0 Å². The number of halogens is 5. The van der Waals surface area contributed by atoms with E-state index in [0.29, 0.717) is 3.57 Å². The zero-order valence-corrected chi connectivity index (χ0v) is 19.7. The summed E-state index contributed by atoms with van der Waals surface area (Å²) in [6.45, 7) is -0.345. The highest BCUT2D eigenvalue weighted by atomic mass is 127. The van der Waals surface area contributed by atoms with E-state index < -0.39 is 45.5 Å². The predicted octanol–water partition coefficient (Wildman–Crippen LogP) is 3.60. The van der Waals surface area contributed by atoms with Crippen molar-refractivity contribution < 1.29 is 28.1 Å². The number of anilines is 2. The van der Waals surface area contributed by atoms with Crippen LogP contribution in [-0.2, 0) is 0 Å². The number of carbonyl (C=O) groups excluding carboxylic acids is 1. The fourth-order valence-electron chi connectivity index (χ4n) is 3.24. The second-order valence-electron chi connectivity index (χ2n) is 7.27. The molecule has 14 heteroatoms. The average Bonchev–Trinajstić information content (AvgIpc) is 2.68. The molecule has 0 radical (unpaired) electrons. The van der Waals surface area contributed by atoms with E-state index in [1.807, 2.05) is 22.6 Å². The van der Waals surface area contributed by atoms with Crippen molar-refractivity contribution in [1.29, 1.82) is 5.41 Å². The summed E-state index contributed by atoms with van der Waals surface area (Å²) in [6, 6.07) is 5.89. The van der Waals surface area contributed by atoms with Crippen molar-refractivity contribution in [3.8, 4) is 0 Å². The fourth-order valence-corrected chi connectivity index (χ4v) is 3.69. The van der Waals surface area contributed by atoms with E-state index in [-0.39, 0.29) is 49.6 Å². The van der Waals surface area contributed by atoms with Crippen LogP contribution in [0.2, 0.25) is 0 Å². The number of carbonyl (C=O) groups is 1. The molecule has 3 rings (SSSR count). The smallest absolute Gasteiger partial charge is 0.256 e. The molecule has 0 bridgehead atoms. The second kappa shape index (κ2) is 10.5. The summed E-state index contributed by atoms with van der Waals surface area (Å²) in [5.41, 5.74) is -0.659. The molecule has 1 aliphatic rings. The maximum absolute atomic E-state index is 14.5. The van der Waals surface area contributed by atoms with Crippen molar-refractivity contribution in [1.82, 2.24) is 10.3 Å². The van der Waals surface area contributed by atoms with E-state index in [4.69, 9.17) is 5.41 Å². The lowest BCUT2D eigenvalue weighted by Gasteiger charge is -2.46. The molecule has 0 spiro atoms. The Morgan fingerprint density at radius 2 is 1.91 bits per heavy atom. The molecule has 2 aromatic rings. The van der Waals surface area contributed by atoms with Crippen LogP contribution in [0.1, 0.15) is 23.2 Å². The van der Waals surface area contributed by atoms with Gasteiger partial charge in [-0.1, -0.05) is 5.43 Å². The average molecular weight is 600 g/mol. The number of hydrazine groups is 1. The molecule has 0 aromatic heterocycles. The molecule has 2 aromatic carbocycles. The first-order chi connectivity index (χ1) is 15.0.